The number of pyridine rings is 1. The van der Waals surface area contributed by atoms with Crippen molar-refractivity contribution in [3.05, 3.63) is 70.7 Å². The highest BCUT2D eigenvalue weighted by Crippen LogP contribution is 2.22. The molecule has 23 heavy (non-hydrogen) atoms. The third kappa shape index (κ3) is 3.42. The summed E-state index contributed by atoms with van der Waals surface area (Å²) in [6.45, 7) is -0.0608. The van der Waals surface area contributed by atoms with Crippen molar-refractivity contribution >= 4 is 28.3 Å². The maximum Gasteiger partial charge on any atom is 0.127 e. The quantitative estimate of drug-likeness (QED) is 0.764. The van der Waals surface area contributed by atoms with E-state index in [0.29, 0.717) is 16.4 Å². The van der Waals surface area contributed by atoms with Gasteiger partial charge in [0.05, 0.1) is 29.8 Å². The highest BCUT2D eigenvalue weighted by molar-refractivity contribution is 6.30. The van der Waals surface area contributed by atoms with E-state index < -0.39 is 0 Å². The van der Waals surface area contributed by atoms with E-state index in [0.717, 1.165) is 16.5 Å². The Hall–Kier alpha value is -2.61. The first-order valence-corrected chi connectivity index (χ1v) is 7.51. The van der Waals surface area contributed by atoms with Crippen LogP contribution in [0.25, 0.3) is 10.9 Å². The number of nitriles is 1. The lowest BCUT2D eigenvalue weighted by atomic mass is 10.1. The minimum Gasteiger partial charge on any atom is -0.394 e. The number of aromatic nitrogens is 1. The fourth-order valence-electron chi connectivity index (χ4n) is 2.38. The number of hydrogen-bond acceptors (Lipinski definition) is 4. The molecule has 3 aromatic rings. The SMILES string of the molecule is N#Cc1ccc2nc(NC(CO)c3ccc(Cl)cc3)ccc2c1. The van der Waals surface area contributed by atoms with E-state index in [1.54, 1.807) is 24.3 Å². The summed E-state index contributed by atoms with van der Waals surface area (Å²) in [6.07, 6.45) is 0. The van der Waals surface area contributed by atoms with Gasteiger partial charge in [-0.15, -0.1) is 0 Å². The van der Waals surface area contributed by atoms with Crippen LogP contribution in [-0.2, 0) is 0 Å². The fraction of sp³-hybridized carbons (Fsp3) is 0.111. The lowest BCUT2D eigenvalue weighted by molar-refractivity contribution is 0.276. The molecular weight excluding hydrogens is 310 g/mol. The second kappa shape index (κ2) is 6.66. The number of nitrogens with zero attached hydrogens (tertiary/aromatic N) is 2. The number of rotatable bonds is 4. The van der Waals surface area contributed by atoms with Gasteiger partial charge in [0, 0.05) is 10.4 Å². The molecule has 0 saturated carbocycles. The van der Waals surface area contributed by atoms with Crippen LogP contribution in [0.1, 0.15) is 17.2 Å². The molecule has 0 spiro atoms. The van der Waals surface area contributed by atoms with Gasteiger partial charge in [0.15, 0.2) is 0 Å². The molecule has 0 fully saturated rings. The zero-order chi connectivity index (χ0) is 16.2. The van der Waals surface area contributed by atoms with Crippen LogP contribution in [-0.4, -0.2) is 16.7 Å². The van der Waals surface area contributed by atoms with E-state index in [1.807, 2.05) is 30.3 Å². The predicted molar refractivity (Wildman–Crippen MR) is 91.4 cm³/mol. The van der Waals surface area contributed by atoms with E-state index in [9.17, 15) is 5.11 Å². The Bertz CT molecular complexity index is 872. The summed E-state index contributed by atoms with van der Waals surface area (Å²) in [6, 6.07) is 18.3. The molecule has 1 heterocycles. The zero-order valence-corrected chi connectivity index (χ0v) is 13.0. The van der Waals surface area contributed by atoms with Crippen LogP contribution in [0.5, 0.6) is 0 Å². The highest BCUT2D eigenvalue weighted by atomic mass is 35.5. The number of aliphatic hydroxyl groups excluding tert-OH is 1. The molecule has 0 aliphatic rings. The maximum atomic E-state index is 9.63. The molecule has 1 atom stereocenters. The molecule has 1 unspecified atom stereocenters. The topological polar surface area (TPSA) is 68.9 Å². The predicted octanol–water partition coefficient (Wildman–Crippen LogP) is 3.91. The Morgan fingerprint density at radius 3 is 2.61 bits per heavy atom. The molecule has 0 radical (unpaired) electrons. The molecular formula is C18H14ClN3O. The number of aliphatic hydroxyl groups is 1. The van der Waals surface area contributed by atoms with Gasteiger partial charge in [-0.25, -0.2) is 4.98 Å². The summed E-state index contributed by atoms with van der Waals surface area (Å²) >= 11 is 5.89. The largest absolute Gasteiger partial charge is 0.394 e. The van der Waals surface area contributed by atoms with E-state index in [-0.39, 0.29) is 12.6 Å². The summed E-state index contributed by atoms with van der Waals surface area (Å²) in [5, 5.41) is 23.3. The Morgan fingerprint density at radius 1 is 1.13 bits per heavy atom. The van der Waals surface area contributed by atoms with Crippen LogP contribution in [0.4, 0.5) is 5.82 Å². The number of fused-ring (bicyclic) bond motifs is 1. The van der Waals surface area contributed by atoms with Crippen LogP contribution >= 0.6 is 11.6 Å². The molecule has 5 heteroatoms. The maximum absolute atomic E-state index is 9.63. The first-order valence-electron chi connectivity index (χ1n) is 7.13. The third-order valence-corrected chi connectivity index (χ3v) is 3.85. The smallest absolute Gasteiger partial charge is 0.127 e. The van der Waals surface area contributed by atoms with Crippen molar-refractivity contribution in [3.63, 3.8) is 0 Å². The standard InChI is InChI=1S/C18H14ClN3O/c19-15-5-2-13(3-6-15)17(11-23)22-18-8-4-14-9-12(10-20)1-7-16(14)21-18/h1-9,17,23H,11H2,(H,21,22). The summed E-state index contributed by atoms with van der Waals surface area (Å²) in [5.74, 6) is 0.663. The lowest BCUT2D eigenvalue weighted by Crippen LogP contribution is -2.15. The molecule has 4 nitrogen and oxygen atoms in total. The normalized spacial score (nSPS) is 11.9. The molecule has 114 valence electrons. The van der Waals surface area contributed by atoms with E-state index >= 15 is 0 Å². The van der Waals surface area contributed by atoms with Crippen molar-refractivity contribution < 1.29 is 5.11 Å². The van der Waals surface area contributed by atoms with Gasteiger partial charge in [-0.2, -0.15) is 5.26 Å². The molecule has 2 N–H and O–H groups in total. The summed E-state index contributed by atoms with van der Waals surface area (Å²) in [4.78, 5) is 4.52. The second-order valence-corrected chi connectivity index (χ2v) is 5.58. The van der Waals surface area contributed by atoms with Crippen molar-refractivity contribution in [3.8, 4) is 6.07 Å². The Morgan fingerprint density at radius 2 is 1.91 bits per heavy atom. The lowest BCUT2D eigenvalue weighted by Gasteiger charge is -2.17. The Kier molecular flexibility index (Phi) is 4.42. The summed E-state index contributed by atoms with van der Waals surface area (Å²) in [5.41, 5.74) is 2.33. The fourth-order valence-corrected chi connectivity index (χ4v) is 2.51. The molecule has 0 aliphatic carbocycles. The zero-order valence-electron chi connectivity index (χ0n) is 12.2. The van der Waals surface area contributed by atoms with Gasteiger partial charge in [-0.05, 0) is 48.0 Å². The van der Waals surface area contributed by atoms with Gasteiger partial charge in [0.1, 0.15) is 5.82 Å². The number of benzene rings is 2. The van der Waals surface area contributed by atoms with Crippen molar-refractivity contribution in [2.75, 3.05) is 11.9 Å². The number of nitrogens with one attached hydrogen (secondary N) is 1. The molecule has 0 amide bonds. The molecule has 1 aromatic heterocycles. The van der Waals surface area contributed by atoms with Gasteiger partial charge in [-0.1, -0.05) is 23.7 Å². The van der Waals surface area contributed by atoms with Crippen LogP contribution in [0, 0.1) is 11.3 Å². The first-order chi connectivity index (χ1) is 11.2. The molecule has 0 bridgehead atoms. The Balaban J connectivity index is 1.87. The number of halogens is 1. The Labute approximate surface area is 139 Å². The van der Waals surface area contributed by atoms with Gasteiger partial charge < -0.3 is 10.4 Å². The van der Waals surface area contributed by atoms with Gasteiger partial charge in [0.2, 0.25) is 0 Å². The monoisotopic (exact) mass is 323 g/mol. The van der Waals surface area contributed by atoms with Crippen molar-refractivity contribution in [1.29, 1.82) is 5.26 Å². The highest BCUT2D eigenvalue weighted by Gasteiger charge is 2.11. The first kappa shape index (κ1) is 15.3. The number of hydrogen-bond donors (Lipinski definition) is 2. The van der Waals surface area contributed by atoms with Gasteiger partial charge >= 0.3 is 0 Å². The van der Waals surface area contributed by atoms with Crippen LogP contribution in [0.2, 0.25) is 5.02 Å². The van der Waals surface area contributed by atoms with Gasteiger partial charge in [-0.3, -0.25) is 0 Å². The molecule has 0 saturated heterocycles. The van der Waals surface area contributed by atoms with Crippen molar-refractivity contribution in [2.45, 2.75) is 6.04 Å². The minimum atomic E-state index is -0.268. The summed E-state index contributed by atoms with van der Waals surface area (Å²) in [7, 11) is 0. The van der Waals surface area contributed by atoms with E-state index in [2.05, 4.69) is 16.4 Å². The van der Waals surface area contributed by atoms with Crippen LogP contribution in [0.3, 0.4) is 0 Å². The van der Waals surface area contributed by atoms with E-state index in [4.69, 9.17) is 16.9 Å². The second-order valence-electron chi connectivity index (χ2n) is 5.15. The molecule has 3 rings (SSSR count). The van der Waals surface area contributed by atoms with Crippen LogP contribution < -0.4 is 5.32 Å². The van der Waals surface area contributed by atoms with Gasteiger partial charge in [0.25, 0.3) is 0 Å². The van der Waals surface area contributed by atoms with Crippen LogP contribution in [0.15, 0.2) is 54.6 Å². The third-order valence-electron chi connectivity index (χ3n) is 3.60. The van der Waals surface area contributed by atoms with E-state index in [1.165, 1.54) is 0 Å². The number of anilines is 1. The average Bonchev–Trinajstić information content (AvgIpc) is 2.60. The van der Waals surface area contributed by atoms with Crippen molar-refractivity contribution in [2.24, 2.45) is 0 Å². The minimum absolute atomic E-state index is 0.0608. The summed E-state index contributed by atoms with van der Waals surface area (Å²) < 4.78 is 0. The van der Waals surface area contributed by atoms with Crippen molar-refractivity contribution in [1.82, 2.24) is 4.98 Å². The molecule has 2 aromatic carbocycles. The average molecular weight is 324 g/mol. The molecule has 0 aliphatic heterocycles.